The lowest BCUT2D eigenvalue weighted by atomic mass is 9.98. The van der Waals surface area contributed by atoms with Crippen molar-refractivity contribution in [2.45, 2.75) is 302 Å². The molecule has 0 bridgehead atoms. The Labute approximate surface area is 480 Å². The number of esters is 3. The first-order valence-electron chi connectivity index (χ1n) is 31.6. The van der Waals surface area contributed by atoms with Crippen molar-refractivity contribution in [1.82, 2.24) is 0 Å². The van der Waals surface area contributed by atoms with Gasteiger partial charge in [-0.15, -0.1) is 0 Å². The van der Waals surface area contributed by atoms with Crippen LogP contribution in [0.15, 0.2) is 85.1 Å². The van der Waals surface area contributed by atoms with Gasteiger partial charge >= 0.3 is 23.9 Å². The predicted octanol–water partition coefficient (Wildman–Crippen LogP) is 16.7. The molecule has 0 aromatic rings. The molecule has 1 heterocycles. The molecule has 0 amide bonds. The molecule has 6 unspecified atom stereocenters. The van der Waals surface area contributed by atoms with E-state index in [2.05, 4.69) is 106 Å². The zero-order chi connectivity index (χ0) is 57.5. The van der Waals surface area contributed by atoms with Crippen molar-refractivity contribution >= 4 is 23.9 Å². The molecule has 1 aliphatic rings. The molecule has 6 atom stereocenters. The van der Waals surface area contributed by atoms with Gasteiger partial charge in [-0.25, -0.2) is 4.79 Å². The summed E-state index contributed by atoms with van der Waals surface area (Å²) in [5, 5.41) is 31.5. The van der Waals surface area contributed by atoms with Crippen LogP contribution in [0.4, 0.5) is 0 Å². The van der Waals surface area contributed by atoms with Crippen molar-refractivity contribution in [3.63, 3.8) is 0 Å². The third-order valence-corrected chi connectivity index (χ3v) is 14.0. The second-order valence-electron chi connectivity index (χ2n) is 21.3. The highest BCUT2D eigenvalue weighted by Gasteiger charge is 2.50. The van der Waals surface area contributed by atoms with Crippen LogP contribution in [0, 0.1) is 0 Å². The maximum absolute atomic E-state index is 13.2. The van der Waals surface area contributed by atoms with E-state index in [-0.39, 0.29) is 25.9 Å². The van der Waals surface area contributed by atoms with Gasteiger partial charge < -0.3 is 39.0 Å². The number of aliphatic hydroxyl groups is 2. The minimum atomic E-state index is -1.91. The van der Waals surface area contributed by atoms with E-state index in [1.165, 1.54) is 83.5 Å². The average Bonchev–Trinajstić information content (AvgIpc) is 3.46. The summed E-state index contributed by atoms with van der Waals surface area (Å²) in [6.07, 6.45) is 58.3. The lowest BCUT2D eigenvalue weighted by Gasteiger charge is -2.40. The summed E-state index contributed by atoms with van der Waals surface area (Å²) >= 11 is 0. The molecular formula is C67H112O12. The first kappa shape index (κ1) is 72.9. The van der Waals surface area contributed by atoms with Gasteiger partial charge in [0.1, 0.15) is 18.8 Å². The molecule has 1 fully saturated rings. The summed E-state index contributed by atoms with van der Waals surface area (Å²) in [5.41, 5.74) is 0. The summed E-state index contributed by atoms with van der Waals surface area (Å²) in [5.74, 6) is -3.16. The lowest BCUT2D eigenvalue weighted by Crippen LogP contribution is -2.61. The van der Waals surface area contributed by atoms with E-state index in [0.29, 0.717) is 19.3 Å². The van der Waals surface area contributed by atoms with Gasteiger partial charge in [0.2, 0.25) is 0 Å². The number of rotatable bonds is 53. The SMILES string of the molecule is CC/C=C\C/C=C\C/C=C\C/C=C\CCCCCCC(=O)OCC(COC1OC(C(=O)O)C(O)C(O)C1OC(=O)CCCCCCC/C=C\C/C=C\C/C=C\CC)OC(=O)CCCCCCCCCCCCCCCCCCC. The molecule has 79 heavy (non-hydrogen) atoms. The van der Waals surface area contributed by atoms with Gasteiger partial charge in [0.25, 0.3) is 0 Å². The summed E-state index contributed by atoms with van der Waals surface area (Å²) in [6.45, 7) is 5.76. The molecule has 1 aliphatic heterocycles. The zero-order valence-electron chi connectivity index (χ0n) is 49.8. The lowest BCUT2D eigenvalue weighted by molar-refractivity contribution is -0.301. The van der Waals surface area contributed by atoms with Crippen molar-refractivity contribution in [3.05, 3.63) is 85.1 Å². The molecule has 12 nitrogen and oxygen atoms in total. The molecule has 0 aromatic heterocycles. The number of carbonyl (C=O) groups is 4. The molecule has 0 aliphatic carbocycles. The topological polar surface area (TPSA) is 175 Å². The van der Waals surface area contributed by atoms with Crippen LogP contribution in [-0.4, -0.2) is 89.2 Å². The van der Waals surface area contributed by atoms with Crippen LogP contribution < -0.4 is 0 Å². The Morgan fingerprint density at radius 3 is 1.22 bits per heavy atom. The molecule has 1 rings (SSSR count). The Morgan fingerprint density at radius 2 is 0.797 bits per heavy atom. The van der Waals surface area contributed by atoms with Crippen molar-refractivity contribution in [1.29, 1.82) is 0 Å². The van der Waals surface area contributed by atoms with E-state index >= 15 is 0 Å². The molecule has 3 N–H and O–H groups in total. The Kier molecular flexibility index (Phi) is 50.3. The largest absolute Gasteiger partial charge is 0.479 e. The standard InChI is InChI=1S/C67H112O12/c1-4-7-10-13-16-19-22-25-28-30-33-35-38-41-44-47-50-53-59(68)75-56-58(77-60(69)54-51-48-45-42-39-37-34-31-29-26-23-20-17-14-11-8-5-2)57-76-67-65(63(72)62(71)64(79-67)66(73)74)78-61(70)55-52-49-46-43-40-36-32-27-24-21-18-15-12-9-6-3/h7,9-10,12,16,18-19,21,25,27-28,32-33,35,58,62-65,67,71-72H,4-6,8,11,13-15,17,20,22-24,26,29-31,34,36-57H2,1-3H3,(H,73,74)/b10-7-,12-9-,19-16-,21-18-,28-25-,32-27-,35-33-. The van der Waals surface area contributed by atoms with Gasteiger partial charge in [-0.05, 0) is 89.9 Å². The summed E-state index contributed by atoms with van der Waals surface area (Å²) in [7, 11) is 0. The van der Waals surface area contributed by atoms with Gasteiger partial charge in [-0.3, -0.25) is 14.4 Å². The van der Waals surface area contributed by atoms with Crippen molar-refractivity contribution in [3.8, 4) is 0 Å². The Morgan fingerprint density at radius 1 is 0.430 bits per heavy atom. The van der Waals surface area contributed by atoms with E-state index in [4.69, 9.17) is 23.7 Å². The normalized spacial score (nSPS) is 18.4. The van der Waals surface area contributed by atoms with Gasteiger partial charge in [0, 0.05) is 19.3 Å². The molecular weight excluding hydrogens is 997 g/mol. The molecule has 452 valence electrons. The zero-order valence-corrected chi connectivity index (χ0v) is 49.8. The van der Waals surface area contributed by atoms with E-state index in [1.807, 2.05) is 0 Å². The minimum absolute atomic E-state index is 0.0367. The van der Waals surface area contributed by atoms with Crippen LogP contribution in [0.3, 0.4) is 0 Å². The number of ether oxygens (including phenoxy) is 5. The fourth-order valence-electron chi connectivity index (χ4n) is 9.20. The third-order valence-electron chi connectivity index (χ3n) is 14.0. The molecule has 0 aromatic carbocycles. The van der Waals surface area contributed by atoms with Crippen LogP contribution in [0.5, 0.6) is 0 Å². The Balaban J connectivity index is 2.69. The van der Waals surface area contributed by atoms with Crippen molar-refractivity contribution < 1.29 is 58.2 Å². The molecule has 1 saturated heterocycles. The van der Waals surface area contributed by atoms with E-state index < -0.39 is 67.3 Å². The highest BCUT2D eigenvalue weighted by atomic mass is 16.7. The van der Waals surface area contributed by atoms with Crippen molar-refractivity contribution in [2.24, 2.45) is 0 Å². The summed E-state index contributed by atoms with van der Waals surface area (Å²) in [6, 6.07) is 0. The third kappa shape index (κ3) is 44.3. The second-order valence-corrected chi connectivity index (χ2v) is 21.3. The van der Waals surface area contributed by atoms with Crippen LogP contribution in [0.1, 0.15) is 265 Å². The highest BCUT2D eigenvalue weighted by molar-refractivity contribution is 5.74. The second kappa shape index (κ2) is 54.5. The van der Waals surface area contributed by atoms with Gasteiger partial charge in [-0.2, -0.15) is 0 Å². The van der Waals surface area contributed by atoms with Gasteiger partial charge in [-0.1, -0.05) is 241 Å². The number of carboxylic acid groups (broad SMARTS) is 1. The fourth-order valence-corrected chi connectivity index (χ4v) is 9.20. The van der Waals surface area contributed by atoms with E-state index in [9.17, 15) is 34.5 Å². The smallest absolute Gasteiger partial charge is 0.335 e. The maximum Gasteiger partial charge on any atom is 0.335 e. The number of unbranched alkanes of at least 4 members (excludes halogenated alkanes) is 25. The Bertz CT molecular complexity index is 1700. The Hall–Kier alpha value is -4.10. The van der Waals surface area contributed by atoms with Crippen molar-refractivity contribution in [2.75, 3.05) is 13.2 Å². The first-order valence-corrected chi connectivity index (χ1v) is 31.6. The summed E-state index contributed by atoms with van der Waals surface area (Å²) < 4.78 is 28.5. The van der Waals surface area contributed by atoms with E-state index in [1.54, 1.807) is 0 Å². The summed E-state index contributed by atoms with van der Waals surface area (Å²) in [4.78, 5) is 51.3. The average molecular weight is 1110 g/mol. The number of aliphatic hydroxyl groups excluding tert-OH is 2. The van der Waals surface area contributed by atoms with Crippen LogP contribution in [0.25, 0.3) is 0 Å². The monoisotopic (exact) mass is 1110 g/mol. The van der Waals surface area contributed by atoms with Crippen LogP contribution >= 0.6 is 0 Å². The maximum atomic E-state index is 13.2. The van der Waals surface area contributed by atoms with Crippen LogP contribution in [-0.2, 0) is 42.9 Å². The van der Waals surface area contributed by atoms with E-state index in [0.717, 1.165) is 122 Å². The number of aliphatic carboxylic acids is 1. The molecule has 0 radical (unpaired) electrons. The number of carboxylic acids is 1. The molecule has 0 spiro atoms. The van der Waals surface area contributed by atoms with Gasteiger partial charge in [0.05, 0.1) is 6.61 Å². The van der Waals surface area contributed by atoms with Gasteiger partial charge in [0.15, 0.2) is 24.6 Å². The number of allylic oxidation sites excluding steroid dienone is 14. The number of hydrogen-bond acceptors (Lipinski definition) is 11. The highest BCUT2D eigenvalue weighted by Crippen LogP contribution is 2.26. The molecule has 0 saturated carbocycles. The molecule has 12 heteroatoms. The predicted molar refractivity (Wildman–Crippen MR) is 321 cm³/mol. The minimum Gasteiger partial charge on any atom is -0.479 e. The first-order chi connectivity index (χ1) is 38.6. The van der Waals surface area contributed by atoms with Crippen LogP contribution in [0.2, 0.25) is 0 Å². The number of hydrogen-bond donors (Lipinski definition) is 3. The number of carbonyl (C=O) groups excluding carboxylic acids is 3. The fraction of sp³-hybridized carbons (Fsp3) is 0.731. The quantitative estimate of drug-likeness (QED) is 0.0228.